The number of pyridine rings is 1. The fraction of sp³-hybridized carbons (Fsp3) is 0.156. The van der Waals surface area contributed by atoms with Crippen molar-refractivity contribution < 1.29 is 48.3 Å². The number of nitrogens with zero attached hydrogens (tertiary/aromatic N) is 4. The van der Waals surface area contributed by atoms with E-state index in [4.69, 9.17) is 14.6 Å². The third-order valence-corrected chi connectivity index (χ3v) is 6.37. The number of benzene rings is 2. The Morgan fingerprint density at radius 3 is 1.82 bits per heavy atom. The zero-order chi connectivity index (χ0) is 30.7. The number of hydrogen-bond acceptors (Lipinski definition) is 6. The number of halogens is 4. The van der Waals surface area contributed by atoms with Gasteiger partial charge in [0.15, 0.2) is 0 Å². The van der Waals surface area contributed by atoms with E-state index < -0.39 is 7.54 Å². The molecule has 227 valence electrons. The SMILES string of the molecule is C[C-]1CCC2C=CC=CC12.FB(F)F.[CH-]=O.[CH-]=O.[F-].[Mo+3].c1ccc(-c2nnc(-c3ccccn3)nc2-c2ccccc2)cc1. The summed E-state index contributed by atoms with van der Waals surface area (Å²) in [6.07, 6.45) is 13.5. The Labute approximate surface area is 269 Å². The van der Waals surface area contributed by atoms with Crippen molar-refractivity contribution in [3.8, 4) is 34.0 Å². The molecule has 2 unspecified atom stereocenters. The molecule has 1 radical (unpaired) electrons. The molecule has 1 saturated carbocycles. The molecule has 2 heterocycles. The maximum absolute atomic E-state index is 9.67. The number of fused-ring (bicyclic) bond motifs is 1. The smallest absolute Gasteiger partial charge is 1.00 e. The number of rotatable bonds is 3. The molecule has 2 atom stereocenters. The van der Waals surface area contributed by atoms with E-state index in [2.05, 4.69) is 60.0 Å². The van der Waals surface area contributed by atoms with E-state index in [1.165, 1.54) is 12.8 Å². The van der Waals surface area contributed by atoms with Crippen molar-refractivity contribution >= 4 is 21.1 Å². The topological polar surface area (TPSA) is 85.7 Å². The summed E-state index contributed by atoms with van der Waals surface area (Å²) in [5.74, 6) is 3.81. The Hall–Kier alpha value is -4.11. The fourth-order valence-corrected chi connectivity index (χ4v) is 4.54. The molecule has 2 aliphatic carbocycles. The zero-order valence-electron chi connectivity index (χ0n) is 23.7. The fourth-order valence-electron chi connectivity index (χ4n) is 4.54. The normalized spacial score (nSPS) is 15.3. The van der Waals surface area contributed by atoms with Gasteiger partial charge in [0, 0.05) is 17.3 Å². The number of carbonyl (C=O) groups excluding carboxylic acids is 2. The molecular formula is C32H29BF4MoN4O2-. The quantitative estimate of drug-likeness (QED) is 0.138. The Morgan fingerprint density at radius 2 is 1.30 bits per heavy atom. The van der Waals surface area contributed by atoms with Crippen LogP contribution in [0.4, 0.5) is 12.9 Å². The molecule has 6 nitrogen and oxygen atoms in total. The van der Waals surface area contributed by atoms with Crippen LogP contribution < -0.4 is 4.70 Å². The summed E-state index contributed by atoms with van der Waals surface area (Å²) in [5.41, 5.74) is 4.27. The summed E-state index contributed by atoms with van der Waals surface area (Å²) >= 11 is 0. The van der Waals surface area contributed by atoms with Crippen LogP contribution in [-0.4, -0.2) is 41.3 Å². The zero-order valence-corrected chi connectivity index (χ0v) is 25.7. The van der Waals surface area contributed by atoms with Crippen LogP contribution in [0, 0.1) is 17.8 Å². The van der Waals surface area contributed by atoms with Gasteiger partial charge in [0.25, 0.3) is 0 Å². The molecule has 0 amide bonds. The van der Waals surface area contributed by atoms with Crippen LogP contribution in [0.1, 0.15) is 19.8 Å². The van der Waals surface area contributed by atoms with Gasteiger partial charge in [0.2, 0.25) is 5.82 Å². The Kier molecular flexibility index (Phi) is 20.3. The second kappa shape index (κ2) is 22.4. The first-order valence-electron chi connectivity index (χ1n) is 12.9. The third kappa shape index (κ3) is 12.2. The van der Waals surface area contributed by atoms with E-state index in [1.807, 2.05) is 78.9 Å². The van der Waals surface area contributed by atoms with Gasteiger partial charge in [-0.15, -0.1) is 22.2 Å². The minimum absolute atomic E-state index is 0. The van der Waals surface area contributed by atoms with Gasteiger partial charge in [-0.1, -0.05) is 91.4 Å². The third-order valence-electron chi connectivity index (χ3n) is 6.37. The van der Waals surface area contributed by atoms with Crippen LogP contribution in [0.2, 0.25) is 0 Å². The Balaban J connectivity index is 0.000000772. The van der Waals surface area contributed by atoms with Gasteiger partial charge < -0.3 is 20.2 Å². The molecule has 0 bridgehead atoms. The first-order chi connectivity index (χ1) is 20.5. The van der Waals surface area contributed by atoms with E-state index in [9.17, 15) is 12.9 Å². The van der Waals surface area contributed by atoms with E-state index >= 15 is 0 Å². The molecule has 1 fully saturated rings. The number of hydrogen-bond donors (Lipinski definition) is 0. The predicted molar refractivity (Wildman–Crippen MR) is 160 cm³/mol. The summed E-state index contributed by atoms with van der Waals surface area (Å²) in [6, 6.07) is 25.7. The van der Waals surface area contributed by atoms with E-state index in [-0.39, 0.29) is 25.8 Å². The molecular weight excluding hydrogens is 655 g/mol. The van der Waals surface area contributed by atoms with Gasteiger partial charge in [0.05, 0.1) is 0 Å². The average molecular weight is 684 g/mol. The first-order valence-corrected chi connectivity index (χ1v) is 12.9. The van der Waals surface area contributed by atoms with Crippen molar-refractivity contribution in [1.29, 1.82) is 0 Å². The van der Waals surface area contributed by atoms with Crippen LogP contribution in [-0.2, 0) is 30.7 Å². The van der Waals surface area contributed by atoms with Gasteiger partial charge in [0.1, 0.15) is 17.1 Å². The molecule has 0 aliphatic heterocycles. The van der Waals surface area contributed by atoms with Gasteiger partial charge in [-0.3, -0.25) is 31.5 Å². The van der Waals surface area contributed by atoms with Crippen molar-refractivity contribution in [3.05, 3.63) is 115 Å². The van der Waals surface area contributed by atoms with Crippen LogP contribution >= 0.6 is 0 Å². The molecule has 0 spiro atoms. The standard InChI is InChI=1S/C20H14N4.C10H13.2CHO.BF3.FH.Mo/c1-3-9-15(10-4-1)18-19(16-11-5-2-6-12-16)23-24-20(22-18)17-13-7-8-14-21-17;1-8-6-7-9-4-2-3-5-10(8)9;2*1-2;2-1(3)4;;/h1-14H;2-5,9-10H,6-7H2,1H3;2*1H;;1H;/q;3*-1;;;+3/p-1. The molecule has 4 aromatic rings. The van der Waals surface area contributed by atoms with Crippen molar-refractivity contribution in [1.82, 2.24) is 20.2 Å². The Bertz CT molecular complexity index is 1390. The summed E-state index contributed by atoms with van der Waals surface area (Å²) in [6.45, 7) is 8.79. The summed E-state index contributed by atoms with van der Waals surface area (Å²) in [5, 5.41) is 8.74. The van der Waals surface area contributed by atoms with Crippen LogP contribution in [0.15, 0.2) is 109 Å². The number of allylic oxidation sites excluding steroid dienone is 4. The summed E-state index contributed by atoms with van der Waals surface area (Å²) in [4.78, 5) is 24.6. The number of aromatic nitrogens is 4. The molecule has 6 rings (SSSR count). The second-order valence-electron chi connectivity index (χ2n) is 8.87. The first kappa shape index (κ1) is 39.9. The minimum atomic E-state index is -3.67. The van der Waals surface area contributed by atoms with Gasteiger partial charge in [-0.25, -0.2) is 4.98 Å². The van der Waals surface area contributed by atoms with Gasteiger partial charge >= 0.3 is 28.6 Å². The van der Waals surface area contributed by atoms with E-state index in [1.54, 1.807) is 12.1 Å². The van der Waals surface area contributed by atoms with Crippen molar-refractivity contribution in [3.63, 3.8) is 0 Å². The van der Waals surface area contributed by atoms with Crippen molar-refractivity contribution in [2.45, 2.75) is 19.8 Å². The van der Waals surface area contributed by atoms with Crippen LogP contribution in [0.25, 0.3) is 34.0 Å². The molecule has 44 heavy (non-hydrogen) atoms. The summed E-state index contributed by atoms with van der Waals surface area (Å²) < 4.78 is 29.0. The monoisotopic (exact) mass is 686 g/mol. The van der Waals surface area contributed by atoms with Crippen LogP contribution in [0.5, 0.6) is 0 Å². The maximum Gasteiger partial charge on any atom is 3.00 e. The minimum Gasteiger partial charge on any atom is -1.00 e. The predicted octanol–water partition coefficient (Wildman–Crippen LogP) is 4.33. The van der Waals surface area contributed by atoms with E-state index in [0.29, 0.717) is 11.5 Å². The van der Waals surface area contributed by atoms with Crippen LogP contribution in [0.3, 0.4) is 0 Å². The van der Waals surface area contributed by atoms with Gasteiger partial charge in [-0.05, 0) is 18.1 Å². The maximum atomic E-state index is 9.67. The Morgan fingerprint density at radius 1 is 0.773 bits per heavy atom. The molecule has 0 saturated heterocycles. The van der Waals surface area contributed by atoms with Crippen molar-refractivity contribution in [2.75, 3.05) is 0 Å². The largest absolute Gasteiger partial charge is 3.00 e. The molecule has 12 heteroatoms. The van der Waals surface area contributed by atoms with Gasteiger partial charge in [-0.2, -0.15) is 13.3 Å². The molecule has 0 N–H and O–H groups in total. The van der Waals surface area contributed by atoms with E-state index in [0.717, 1.165) is 34.4 Å². The second-order valence-corrected chi connectivity index (χ2v) is 8.87. The molecule has 2 aromatic carbocycles. The average Bonchev–Trinajstić information content (AvgIpc) is 3.44. The van der Waals surface area contributed by atoms with Crippen molar-refractivity contribution in [2.24, 2.45) is 11.8 Å². The molecule has 2 aliphatic rings. The summed E-state index contributed by atoms with van der Waals surface area (Å²) in [7, 11) is -3.67. The molecule has 2 aromatic heterocycles.